The Morgan fingerprint density at radius 2 is 1.28 bits per heavy atom. The Balaban J connectivity index is 1.22. The summed E-state index contributed by atoms with van der Waals surface area (Å²) >= 11 is 0. The normalized spacial score (nSPS) is 33.3. The van der Waals surface area contributed by atoms with Crippen molar-refractivity contribution in [3.63, 3.8) is 0 Å². The largest absolute Gasteiger partial charge is 0.388 e. The number of nitrogens with zero attached hydrogens (tertiary/aromatic N) is 1. The van der Waals surface area contributed by atoms with E-state index in [-0.39, 0.29) is 16.7 Å². The molecule has 4 heteroatoms. The molecule has 0 aliphatic heterocycles. The number of fused-ring (bicyclic) bond motifs is 5. The third-order valence-electron chi connectivity index (χ3n) is 14.4. The zero-order valence-electron chi connectivity index (χ0n) is 31.7. The first kappa shape index (κ1) is 38.9. The lowest BCUT2D eigenvalue weighted by Crippen LogP contribution is -2.58. The third kappa shape index (κ3) is 10.3. The SMILES string of the molecule is CCCCCCCCCCCCCCCCN(C[C@@]1(O)CC[C@@]2(C)[C@@H](CC[C@@H]3[C@@H]2CC[C@]2(C)C(=O)CC[C@@H]32)C1)C(=O)CCCCCC. The minimum atomic E-state index is -0.751. The summed E-state index contributed by atoms with van der Waals surface area (Å²) in [5.74, 6) is 3.31. The predicted octanol–water partition coefficient (Wildman–Crippen LogP) is 11.6. The molecule has 0 heterocycles. The third-order valence-corrected chi connectivity index (χ3v) is 14.4. The van der Waals surface area contributed by atoms with Gasteiger partial charge in [-0.1, -0.05) is 130 Å². The van der Waals surface area contributed by atoms with Gasteiger partial charge in [0.1, 0.15) is 5.78 Å². The van der Waals surface area contributed by atoms with Crippen molar-refractivity contribution in [1.29, 1.82) is 0 Å². The van der Waals surface area contributed by atoms with Gasteiger partial charge in [-0.2, -0.15) is 0 Å². The Labute approximate surface area is 291 Å². The molecule has 4 saturated carbocycles. The number of rotatable bonds is 22. The first-order valence-corrected chi connectivity index (χ1v) is 21.2. The van der Waals surface area contributed by atoms with Gasteiger partial charge in [0, 0.05) is 31.3 Å². The van der Waals surface area contributed by atoms with E-state index in [1.54, 1.807) is 0 Å². The molecule has 7 atom stereocenters. The molecule has 0 aromatic carbocycles. The van der Waals surface area contributed by atoms with Crippen LogP contribution in [0.3, 0.4) is 0 Å². The number of hydrogen-bond acceptors (Lipinski definition) is 3. The van der Waals surface area contributed by atoms with Crippen LogP contribution in [0.1, 0.15) is 207 Å². The fraction of sp³-hybridized carbons (Fsp3) is 0.953. The zero-order valence-corrected chi connectivity index (χ0v) is 31.7. The van der Waals surface area contributed by atoms with Crippen LogP contribution in [0.25, 0.3) is 0 Å². The van der Waals surface area contributed by atoms with Crippen LogP contribution in [0.15, 0.2) is 0 Å². The van der Waals surface area contributed by atoms with Gasteiger partial charge >= 0.3 is 0 Å². The summed E-state index contributed by atoms with van der Waals surface area (Å²) in [6.45, 7) is 10.7. The van der Waals surface area contributed by atoms with Crippen LogP contribution in [0.5, 0.6) is 0 Å². The smallest absolute Gasteiger partial charge is 0.222 e. The van der Waals surface area contributed by atoms with Crippen molar-refractivity contribution < 1.29 is 14.7 Å². The maximum Gasteiger partial charge on any atom is 0.222 e. The summed E-state index contributed by atoms with van der Waals surface area (Å²) in [7, 11) is 0. The molecule has 1 N–H and O–H groups in total. The number of ketones is 1. The molecule has 4 fully saturated rings. The number of carbonyl (C=O) groups excluding carboxylic acids is 2. The van der Waals surface area contributed by atoms with Crippen molar-refractivity contribution in [2.24, 2.45) is 34.5 Å². The van der Waals surface area contributed by atoms with Crippen LogP contribution < -0.4 is 0 Å². The Morgan fingerprint density at radius 3 is 1.89 bits per heavy atom. The van der Waals surface area contributed by atoms with Gasteiger partial charge in [0.05, 0.1) is 5.60 Å². The summed E-state index contributed by atoms with van der Waals surface area (Å²) in [4.78, 5) is 28.5. The van der Waals surface area contributed by atoms with Crippen LogP contribution in [-0.2, 0) is 9.59 Å². The minimum Gasteiger partial charge on any atom is -0.388 e. The van der Waals surface area contributed by atoms with Crippen LogP contribution in [0.4, 0.5) is 0 Å². The molecule has 0 spiro atoms. The molecule has 0 bridgehead atoms. The molecular formula is C43H77NO3. The van der Waals surface area contributed by atoms with Crippen molar-refractivity contribution in [3.05, 3.63) is 0 Å². The molecule has 0 saturated heterocycles. The van der Waals surface area contributed by atoms with Gasteiger partial charge < -0.3 is 10.0 Å². The fourth-order valence-electron chi connectivity index (χ4n) is 11.2. The van der Waals surface area contributed by atoms with Gasteiger partial charge in [-0.3, -0.25) is 9.59 Å². The Bertz CT molecular complexity index is 949. The van der Waals surface area contributed by atoms with Crippen molar-refractivity contribution in [1.82, 2.24) is 4.90 Å². The van der Waals surface area contributed by atoms with E-state index in [4.69, 9.17) is 0 Å². The summed E-state index contributed by atoms with van der Waals surface area (Å²) in [6.07, 6.45) is 33.3. The number of hydrogen-bond donors (Lipinski definition) is 1. The molecule has 0 unspecified atom stereocenters. The van der Waals surface area contributed by atoms with E-state index in [9.17, 15) is 14.7 Å². The first-order chi connectivity index (χ1) is 22.7. The maximum atomic E-state index is 13.6. The topological polar surface area (TPSA) is 57.6 Å². The highest BCUT2D eigenvalue weighted by Gasteiger charge is 2.61. The number of Topliss-reactive ketones (excluding diaryl/α,β-unsaturated/α-hetero) is 1. The van der Waals surface area contributed by atoms with Crippen molar-refractivity contribution in [2.75, 3.05) is 13.1 Å². The van der Waals surface area contributed by atoms with E-state index in [0.29, 0.717) is 42.4 Å². The molecule has 4 rings (SSSR count). The highest BCUT2D eigenvalue weighted by Crippen LogP contribution is 2.66. The Hall–Kier alpha value is -0.900. The zero-order chi connectivity index (χ0) is 33.8. The van der Waals surface area contributed by atoms with Gasteiger partial charge in [0.15, 0.2) is 0 Å². The second kappa shape index (κ2) is 18.9. The minimum absolute atomic E-state index is 0.0645. The number of carbonyl (C=O) groups is 2. The highest BCUT2D eigenvalue weighted by atomic mass is 16.3. The fourth-order valence-corrected chi connectivity index (χ4v) is 11.2. The molecule has 4 nitrogen and oxygen atoms in total. The van der Waals surface area contributed by atoms with Crippen LogP contribution in [0, 0.1) is 34.5 Å². The Morgan fingerprint density at radius 1 is 0.702 bits per heavy atom. The number of aliphatic hydroxyl groups is 1. The lowest BCUT2D eigenvalue weighted by molar-refractivity contribution is -0.161. The van der Waals surface area contributed by atoms with Gasteiger partial charge in [-0.25, -0.2) is 0 Å². The number of amides is 1. The number of unbranched alkanes of at least 4 members (excludes halogenated alkanes) is 16. The van der Waals surface area contributed by atoms with Crippen molar-refractivity contribution >= 4 is 11.7 Å². The van der Waals surface area contributed by atoms with Crippen LogP contribution in [-0.4, -0.2) is 40.4 Å². The average Bonchev–Trinajstić information content (AvgIpc) is 3.36. The highest BCUT2D eigenvalue weighted by molar-refractivity contribution is 5.87. The summed E-state index contributed by atoms with van der Waals surface area (Å²) in [6, 6.07) is 0. The van der Waals surface area contributed by atoms with E-state index in [1.807, 2.05) is 0 Å². The molecule has 272 valence electrons. The molecule has 1 amide bonds. The van der Waals surface area contributed by atoms with E-state index in [1.165, 1.54) is 116 Å². The summed E-state index contributed by atoms with van der Waals surface area (Å²) < 4.78 is 0. The second-order valence-corrected chi connectivity index (χ2v) is 17.7. The molecule has 0 aromatic rings. The average molecular weight is 656 g/mol. The van der Waals surface area contributed by atoms with Gasteiger partial charge in [-0.15, -0.1) is 0 Å². The summed E-state index contributed by atoms with van der Waals surface area (Å²) in [5, 5.41) is 12.2. The van der Waals surface area contributed by atoms with Gasteiger partial charge in [-0.05, 0) is 93.3 Å². The van der Waals surface area contributed by atoms with E-state index >= 15 is 0 Å². The van der Waals surface area contributed by atoms with E-state index in [0.717, 1.165) is 64.3 Å². The van der Waals surface area contributed by atoms with Gasteiger partial charge in [0.2, 0.25) is 5.91 Å². The predicted molar refractivity (Wildman–Crippen MR) is 197 cm³/mol. The monoisotopic (exact) mass is 656 g/mol. The molecule has 0 radical (unpaired) electrons. The summed E-state index contributed by atoms with van der Waals surface area (Å²) in [5.41, 5.74) is -0.546. The first-order valence-electron chi connectivity index (χ1n) is 21.2. The second-order valence-electron chi connectivity index (χ2n) is 17.7. The van der Waals surface area contributed by atoms with Gasteiger partial charge in [0.25, 0.3) is 0 Å². The molecule has 47 heavy (non-hydrogen) atoms. The lowest BCUT2D eigenvalue weighted by Gasteiger charge is -2.61. The lowest BCUT2D eigenvalue weighted by atomic mass is 9.44. The molecule has 4 aliphatic carbocycles. The van der Waals surface area contributed by atoms with Crippen molar-refractivity contribution in [3.8, 4) is 0 Å². The van der Waals surface area contributed by atoms with Crippen LogP contribution >= 0.6 is 0 Å². The maximum absolute atomic E-state index is 13.6. The molecular weight excluding hydrogens is 578 g/mol. The molecule has 0 aromatic heterocycles. The van der Waals surface area contributed by atoms with Crippen molar-refractivity contribution in [2.45, 2.75) is 213 Å². The van der Waals surface area contributed by atoms with E-state index < -0.39 is 5.60 Å². The standard InChI is InChI=1S/C43H77NO3/c1-5-7-9-11-12-13-14-15-16-17-18-19-20-22-32-44(40(46)23-21-10-8-6-2)34-43(47)31-30-41(3)35(33-43)24-25-36-37-26-27-39(45)42(37,4)29-28-38(36)41/h35-38,47H,5-34H2,1-4H3/t35-,36-,37-,38-,41-,42-,43+/m0/s1. The quantitative estimate of drug-likeness (QED) is 0.118. The van der Waals surface area contributed by atoms with Crippen LogP contribution in [0.2, 0.25) is 0 Å². The van der Waals surface area contributed by atoms with E-state index in [2.05, 4.69) is 32.6 Å². The molecule has 4 aliphatic rings. The Kier molecular flexibility index (Phi) is 15.7.